The number of carbonyl (C=O) groups is 3. The summed E-state index contributed by atoms with van der Waals surface area (Å²) in [5, 5.41) is 5.37. The Balaban J connectivity index is 1.39. The standard InChI is InChI=1S/C30H23F2N3O4/c31-21-12-16-23(17-13-21)34-29(37)26-27(39-30(38)35(26)18-19-6-2-1-3-7-19)20-10-14-22(15-11-20)33-28(36)24-8-4-5-9-25(24)32/h1-17,26-27H,18H2,(H,33,36)(H,34,37). The van der Waals surface area contributed by atoms with Crippen molar-refractivity contribution in [3.05, 3.63) is 131 Å². The molecule has 2 unspecified atom stereocenters. The first-order valence-corrected chi connectivity index (χ1v) is 12.1. The van der Waals surface area contributed by atoms with Gasteiger partial charge in [-0.05, 0) is 59.7 Å². The maximum Gasteiger partial charge on any atom is 0.411 e. The molecule has 4 aromatic carbocycles. The van der Waals surface area contributed by atoms with Crippen molar-refractivity contribution in [2.45, 2.75) is 18.7 Å². The molecule has 2 atom stereocenters. The summed E-state index contributed by atoms with van der Waals surface area (Å²) in [5.74, 6) is -2.21. The second-order valence-electron chi connectivity index (χ2n) is 8.91. The van der Waals surface area contributed by atoms with Gasteiger partial charge in [0.15, 0.2) is 12.1 Å². The summed E-state index contributed by atoms with van der Waals surface area (Å²) in [5.41, 5.74) is 1.98. The molecule has 1 fully saturated rings. The summed E-state index contributed by atoms with van der Waals surface area (Å²) in [6, 6.07) is 25.5. The second-order valence-corrected chi connectivity index (χ2v) is 8.91. The van der Waals surface area contributed by atoms with Crippen molar-refractivity contribution < 1.29 is 27.9 Å². The van der Waals surface area contributed by atoms with Crippen molar-refractivity contribution in [3.8, 4) is 0 Å². The highest BCUT2D eigenvalue weighted by Gasteiger charge is 2.47. The van der Waals surface area contributed by atoms with Crippen molar-refractivity contribution in [2.24, 2.45) is 0 Å². The van der Waals surface area contributed by atoms with E-state index in [0.717, 1.165) is 5.56 Å². The minimum Gasteiger partial charge on any atom is -0.438 e. The lowest BCUT2D eigenvalue weighted by molar-refractivity contribution is -0.121. The number of anilines is 2. The lowest BCUT2D eigenvalue weighted by Crippen LogP contribution is -2.43. The number of rotatable bonds is 7. The quantitative estimate of drug-likeness (QED) is 0.313. The molecule has 9 heteroatoms. The summed E-state index contributed by atoms with van der Waals surface area (Å²) >= 11 is 0. The molecule has 0 spiro atoms. The summed E-state index contributed by atoms with van der Waals surface area (Å²) in [7, 11) is 0. The van der Waals surface area contributed by atoms with Gasteiger partial charge in [0.2, 0.25) is 0 Å². The Morgan fingerprint density at radius 2 is 1.38 bits per heavy atom. The van der Waals surface area contributed by atoms with Crippen LogP contribution < -0.4 is 10.6 Å². The van der Waals surface area contributed by atoms with Crippen LogP contribution >= 0.6 is 0 Å². The summed E-state index contributed by atoms with van der Waals surface area (Å²) in [4.78, 5) is 40.2. The topological polar surface area (TPSA) is 87.7 Å². The predicted molar refractivity (Wildman–Crippen MR) is 141 cm³/mol. The van der Waals surface area contributed by atoms with Gasteiger partial charge >= 0.3 is 6.09 Å². The molecule has 1 aliphatic rings. The van der Waals surface area contributed by atoms with E-state index in [1.54, 1.807) is 30.3 Å². The highest BCUT2D eigenvalue weighted by molar-refractivity contribution is 6.04. The molecule has 5 rings (SSSR count). The van der Waals surface area contributed by atoms with Crippen molar-refractivity contribution >= 4 is 29.3 Å². The first kappa shape index (κ1) is 25.6. The van der Waals surface area contributed by atoms with Crippen LogP contribution in [-0.2, 0) is 16.1 Å². The number of cyclic esters (lactones) is 1. The van der Waals surface area contributed by atoms with Crippen LogP contribution in [0.15, 0.2) is 103 Å². The van der Waals surface area contributed by atoms with Crippen LogP contribution in [-0.4, -0.2) is 28.8 Å². The van der Waals surface area contributed by atoms with E-state index in [1.165, 1.54) is 47.4 Å². The monoisotopic (exact) mass is 527 g/mol. The first-order chi connectivity index (χ1) is 18.9. The molecule has 0 aromatic heterocycles. The van der Waals surface area contributed by atoms with E-state index in [2.05, 4.69) is 10.6 Å². The highest BCUT2D eigenvalue weighted by atomic mass is 19.1. The molecule has 0 radical (unpaired) electrons. The number of hydrogen-bond donors (Lipinski definition) is 2. The van der Waals surface area contributed by atoms with Crippen LogP contribution in [0.2, 0.25) is 0 Å². The molecule has 1 saturated heterocycles. The molecule has 3 amide bonds. The predicted octanol–water partition coefficient (Wildman–Crippen LogP) is 5.92. The lowest BCUT2D eigenvalue weighted by atomic mass is 10.00. The van der Waals surface area contributed by atoms with Crippen LogP contribution in [0.25, 0.3) is 0 Å². The fourth-order valence-corrected chi connectivity index (χ4v) is 4.34. The van der Waals surface area contributed by atoms with E-state index in [-0.39, 0.29) is 12.1 Å². The van der Waals surface area contributed by atoms with Crippen molar-refractivity contribution in [2.75, 3.05) is 10.6 Å². The molecule has 196 valence electrons. The molecule has 0 bridgehead atoms. The number of benzene rings is 4. The van der Waals surface area contributed by atoms with Crippen LogP contribution in [0.1, 0.15) is 27.6 Å². The van der Waals surface area contributed by atoms with Gasteiger partial charge in [-0.15, -0.1) is 0 Å². The fourth-order valence-electron chi connectivity index (χ4n) is 4.34. The normalized spacial score (nSPS) is 16.5. The Hall–Kier alpha value is -5.05. The maximum atomic E-state index is 14.0. The molecule has 4 aromatic rings. The zero-order valence-corrected chi connectivity index (χ0v) is 20.5. The van der Waals surface area contributed by atoms with Crippen molar-refractivity contribution in [1.82, 2.24) is 4.90 Å². The Morgan fingerprint density at radius 1 is 0.769 bits per heavy atom. The van der Waals surface area contributed by atoms with Gasteiger partial charge in [0.05, 0.1) is 12.1 Å². The molecular weight excluding hydrogens is 504 g/mol. The van der Waals surface area contributed by atoms with E-state index < -0.39 is 41.7 Å². The summed E-state index contributed by atoms with van der Waals surface area (Å²) < 4.78 is 33.0. The summed E-state index contributed by atoms with van der Waals surface area (Å²) in [6.07, 6.45) is -1.63. The number of carbonyl (C=O) groups excluding carboxylic acids is 3. The van der Waals surface area contributed by atoms with Gasteiger partial charge < -0.3 is 15.4 Å². The molecule has 0 aliphatic carbocycles. The smallest absolute Gasteiger partial charge is 0.411 e. The zero-order chi connectivity index (χ0) is 27.4. The van der Waals surface area contributed by atoms with Crippen LogP contribution in [0.5, 0.6) is 0 Å². The Labute approximate surface area is 223 Å². The van der Waals surface area contributed by atoms with Crippen molar-refractivity contribution in [1.29, 1.82) is 0 Å². The average Bonchev–Trinajstić information content (AvgIpc) is 3.26. The molecule has 1 heterocycles. The molecule has 0 saturated carbocycles. The van der Waals surface area contributed by atoms with Crippen LogP contribution in [0.4, 0.5) is 25.0 Å². The fraction of sp³-hybridized carbons (Fsp3) is 0.100. The van der Waals surface area contributed by atoms with Gasteiger partial charge in [-0.2, -0.15) is 0 Å². The Bertz CT molecular complexity index is 1500. The van der Waals surface area contributed by atoms with E-state index in [4.69, 9.17) is 4.74 Å². The van der Waals surface area contributed by atoms with Crippen LogP contribution in [0, 0.1) is 11.6 Å². The minimum absolute atomic E-state index is 0.0969. The third kappa shape index (κ3) is 5.77. The number of amides is 3. The second kappa shape index (κ2) is 11.1. The Morgan fingerprint density at radius 3 is 2.08 bits per heavy atom. The van der Waals surface area contributed by atoms with E-state index in [9.17, 15) is 23.2 Å². The largest absolute Gasteiger partial charge is 0.438 e. The summed E-state index contributed by atoms with van der Waals surface area (Å²) in [6.45, 7) is 0.133. The Kier molecular flexibility index (Phi) is 7.31. The molecule has 7 nitrogen and oxygen atoms in total. The zero-order valence-electron chi connectivity index (χ0n) is 20.5. The van der Waals surface area contributed by atoms with Gasteiger partial charge in [0.1, 0.15) is 11.6 Å². The van der Waals surface area contributed by atoms with E-state index >= 15 is 0 Å². The van der Waals surface area contributed by atoms with Gasteiger partial charge in [-0.3, -0.25) is 14.5 Å². The highest BCUT2D eigenvalue weighted by Crippen LogP contribution is 2.35. The van der Waals surface area contributed by atoms with E-state index in [0.29, 0.717) is 16.9 Å². The lowest BCUT2D eigenvalue weighted by Gasteiger charge is -2.24. The first-order valence-electron chi connectivity index (χ1n) is 12.1. The number of nitrogens with one attached hydrogen (secondary N) is 2. The number of ether oxygens (including phenoxy) is 1. The molecular formula is C30H23F2N3O4. The number of hydrogen-bond acceptors (Lipinski definition) is 4. The average molecular weight is 528 g/mol. The molecule has 1 aliphatic heterocycles. The number of nitrogens with zero attached hydrogens (tertiary/aromatic N) is 1. The molecule has 2 N–H and O–H groups in total. The van der Waals surface area contributed by atoms with Gasteiger partial charge in [-0.25, -0.2) is 13.6 Å². The van der Waals surface area contributed by atoms with Crippen LogP contribution in [0.3, 0.4) is 0 Å². The third-order valence-electron chi connectivity index (χ3n) is 6.28. The van der Waals surface area contributed by atoms with Gasteiger partial charge in [-0.1, -0.05) is 54.6 Å². The maximum absolute atomic E-state index is 14.0. The SMILES string of the molecule is O=C(Nc1ccc(C2OC(=O)N(Cc3ccccc3)C2C(=O)Nc2ccc(F)cc2)cc1)c1ccccc1F. The molecule has 39 heavy (non-hydrogen) atoms. The third-order valence-corrected chi connectivity index (χ3v) is 6.28. The minimum atomic E-state index is -1.04. The number of halogens is 2. The van der Waals surface area contributed by atoms with Crippen molar-refractivity contribution in [3.63, 3.8) is 0 Å². The van der Waals surface area contributed by atoms with Gasteiger partial charge in [0.25, 0.3) is 11.8 Å². The van der Waals surface area contributed by atoms with E-state index in [1.807, 2.05) is 30.3 Å². The van der Waals surface area contributed by atoms with Gasteiger partial charge in [0, 0.05) is 11.4 Å².